The molecule has 0 spiro atoms. The van der Waals surface area contributed by atoms with Gasteiger partial charge in [-0.05, 0) is 55.4 Å². The zero-order chi connectivity index (χ0) is 19.4. The smallest absolute Gasteiger partial charge is 0.256 e. The van der Waals surface area contributed by atoms with Crippen LogP contribution >= 0.6 is 0 Å². The zero-order valence-electron chi connectivity index (χ0n) is 16.7. The van der Waals surface area contributed by atoms with Gasteiger partial charge in [-0.25, -0.2) is 0 Å². The number of benzene rings is 1. The van der Waals surface area contributed by atoms with E-state index in [1.165, 1.54) is 0 Å². The molecular weight excluding hydrogens is 340 g/mol. The topological polar surface area (TPSA) is 60.5 Å². The van der Waals surface area contributed by atoms with Crippen LogP contribution in [0.5, 0.6) is 5.75 Å². The van der Waals surface area contributed by atoms with E-state index in [0.717, 1.165) is 48.0 Å². The first kappa shape index (κ1) is 19.6. The van der Waals surface area contributed by atoms with Crippen molar-refractivity contribution in [2.45, 2.75) is 52.1 Å². The number of carbonyl (C=O) groups excluding carboxylic acids is 1. The Morgan fingerprint density at radius 2 is 2.19 bits per heavy atom. The van der Waals surface area contributed by atoms with Gasteiger partial charge in [-0.3, -0.25) is 9.78 Å². The van der Waals surface area contributed by atoms with E-state index in [9.17, 15) is 4.79 Å². The summed E-state index contributed by atoms with van der Waals surface area (Å²) in [7, 11) is 1.64. The highest BCUT2D eigenvalue weighted by atomic mass is 16.5. The average Bonchev–Trinajstić information content (AvgIpc) is 2.67. The lowest BCUT2D eigenvalue weighted by atomic mass is 9.78. The molecule has 1 aliphatic rings. The zero-order valence-corrected chi connectivity index (χ0v) is 16.7. The average molecular weight is 370 g/mol. The Hall–Kier alpha value is -2.14. The Labute approximate surface area is 161 Å². The van der Waals surface area contributed by atoms with E-state index < -0.39 is 5.60 Å². The van der Waals surface area contributed by atoms with Crippen LogP contribution in [0.25, 0.3) is 10.9 Å². The van der Waals surface area contributed by atoms with Crippen molar-refractivity contribution in [2.75, 3.05) is 19.0 Å². The van der Waals surface area contributed by atoms with Crippen molar-refractivity contribution in [3.63, 3.8) is 0 Å². The van der Waals surface area contributed by atoms with Crippen LogP contribution in [-0.4, -0.2) is 30.2 Å². The number of amides is 1. The van der Waals surface area contributed by atoms with Gasteiger partial charge in [0.05, 0.1) is 12.3 Å². The number of methoxy groups -OCH3 is 1. The van der Waals surface area contributed by atoms with Crippen molar-refractivity contribution in [1.29, 1.82) is 0 Å². The standard InChI is InChI=1S/C22H30N2O3/c1-15(2)14-27-19-10-9-18(17-8-6-12-23-20(17)19)24-21(25)22(26-4)11-5-7-16(3)13-22/h6,8-10,12,15-16H,5,7,11,13-14H2,1-4H3,(H,24,25)/t16-,22-/m1/s1. The third kappa shape index (κ3) is 4.24. The van der Waals surface area contributed by atoms with Crippen molar-refractivity contribution in [3.05, 3.63) is 30.5 Å². The molecule has 146 valence electrons. The molecule has 1 heterocycles. The second kappa shape index (κ2) is 8.26. The van der Waals surface area contributed by atoms with E-state index in [2.05, 4.69) is 31.1 Å². The first-order valence-electron chi connectivity index (χ1n) is 9.82. The molecule has 0 aliphatic heterocycles. The predicted octanol–water partition coefficient (Wildman–Crippen LogP) is 4.80. The van der Waals surface area contributed by atoms with Crippen LogP contribution in [0.3, 0.4) is 0 Å². The minimum atomic E-state index is -0.751. The van der Waals surface area contributed by atoms with Gasteiger partial charge in [0.1, 0.15) is 16.9 Å². The van der Waals surface area contributed by atoms with E-state index in [1.807, 2.05) is 24.3 Å². The quantitative estimate of drug-likeness (QED) is 0.793. The molecule has 2 aromatic rings. The molecule has 1 aliphatic carbocycles. The molecule has 1 N–H and O–H groups in total. The molecule has 27 heavy (non-hydrogen) atoms. The number of hydrogen-bond acceptors (Lipinski definition) is 4. The van der Waals surface area contributed by atoms with Crippen LogP contribution in [0, 0.1) is 11.8 Å². The second-order valence-corrected chi connectivity index (χ2v) is 8.07. The second-order valence-electron chi connectivity index (χ2n) is 8.07. The van der Waals surface area contributed by atoms with Gasteiger partial charge in [0, 0.05) is 18.7 Å². The maximum atomic E-state index is 13.1. The molecule has 2 atom stereocenters. The van der Waals surface area contributed by atoms with Crippen LogP contribution in [0.2, 0.25) is 0 Å². The number of fused-ring (bicyclic) bond motifs is 1. The molecule has 1 fully saturated rings. The Kier molecular flexibility index (Phi) is 6.00. The van der Waals surface area contributed by atoms with Crippen LogP contribution in [0.4, 0.5) is 5.69 Å². The SMILES string of the molecule is CO[C@]1(C(=O)Nc2ccc(OCC(C)C)c3ncccc23)CCC[C@@H](C)C1. The Morgan fingerprint density at radius 1 is 1.37 bits per heavy atom. The number of rotatable bonds is 6. The number of nitrogens with zero attached hydrogens (tertiary/aromatic N) is 1. The number of nitrogens with one attached hydrogen (secondary N) is 1. The van der Waals surface area contributed by atoms with Gasteiger partial charge in [-0.2, -0.15) is 0 Å². The molecule has 0 unspecified atom stereocenters. The Bertz CT molecular complexity index is 805. The van der Waals surface area contributed by atoms with E-state index in [4.69, 9.17) is 9.47 Å². The lowest BCUT2D eigenvalue weighted by Gasteiger charge is -2.37. The largest absolute Gasteiger partial charge is 0.491 e. The molecule has 5 heteroatoms. The molecule has 3 rings (SSSR count). The summed E-state index contributed by atoms with van der Waals surface area (Å²) < 4.78 is 11.6. The van der Waals surface area contributed by atoms with Gasteiger partial charge < -0.3 is 14.8 Å². The van der Waals surface area contributed by atoms with Gasteiger partial charge in [0.2, 0.25) is 0 Å². The summed E-state index contributed by atoms with van der Waals surface area (Å²) in [6, 6.07) is 7.62. The number of carbonyl (C=O) groups is 1. The lowest BCUT2D eigenvalue weighted by Crippen LogP contribution is -2.47. The minimum Gasteiger partial charge on any atom is -0.491 e. The summed E-state index contributed by atoms with van der Waals surface area (Å²) in [6.07, 6.45) is 5.40. The van der Waals surface area contributed by atoms with E-state index in [0.29, 0.717) is 18.4 Å². The molecule has 1 aromatic heterocycles. The highest BCUT2D eigenvalue weighted by molar-refractivity contribution is 6.05. The minimum absolute atomic E-state index is 0.0717. The fraction of sp³-hybridized carbons (Fsp3) is 0.545. The van der Waals surface area contributed by atoms with Crippen molar-refractivity contribution >= 4 is 22.5 Å². The van der Waals surface area contributed by atoms with Crippen molar-refractivity contribution < 1.29 is 14.3 Å². The third-order valence-corrected chi connectivity index (χ3v) is 5.31. The fourth-order valence-electron chi connectivity index (χ4n) is 3.85. The summed E-state index contributed by atoms with van der Waals surface area (Å²) >= 11 is 0. The lowest BCUT2D eigenvalue weighted by molar-refractivity contribution is -0.143. The van der Waals surface area contributed by atoms with Crippen LogP contribution < -0.4 is 10.1 Å². The van der Waals surface area contributed by atoms with Crippen molar-refractivity contribution in [2.24, 2.45) is 11.8 Å². The van der Waals surface area contributed by atoms with Gasteiger partial charge >= 0.3 is 0 Å². The molecule has 0 bridgehead atoms. The van der Waals surface area contributed by atoms with Crippen molar-refractivity contribution in [3.8, 4) is 5.75 Å². The van der Waals surface area contributed by atoms with Gasteiger partial charge in [-0.1, -0.05) is 27.2 Å². The van der Waals surface area contributed by atoms with Gasteiger partial charge in [0.25, 0.3) is 5.91 Å². The summed E-state index contributed by atoms with van der Waals surface area (Å²) in [6.45, 7) is 7.03. The first-order valence-corrected chi connectivity index (χ1v) is 9.82. The van der Waals surface area contributed by atoms with Gasteiger partial charge in [-0.15, -0.1) is 0 Å². The summed E-state index contributed by atoms with van der Waals surface area (Å²) in [5.74, 6) is 1.58. The number of anilines is 1. The third-order valence-electron chi connectivity index (χ3n) is 5.31. The molecule has 5 nitrogen and oxygen atoms in total. The van der Waals surface area contributed by atoms with E-state index in [1.54, 1.807) is 13.3 Å². The number of ether oxygens (including phenoxy) is 2. The monoisotopic (exact) mass is 370 g/mol. The number of aromatic nitrogens is 1. The molecule has 0 saturated heterocycles. The summed E-state index contributed by atoms with van der Waals surface area (Å²) in [5.41, 5.74) is 0.757. The van der Waals surface area contributed by atoms with Crippen molar-refractivity contribution in [1.82, 2.24) is 4.98 Å². The number of pyridine rings is 1. The molecule has 1 amide bonds. The Morgan fingerprint density at radius 3 is 2.89 bits per heavy atom. The van der Waals surface area contributed by atoms with Crippen LogP contribution in [0.15, 0.2) is 30.5 Å². The molecular formula is C22H30N2O3. The Balaban J connectivity index is 1.88. The maximum absolute atomic E-state index is 13.1. The fourth-order valence-corrected chi connectivity index (χ4v) is 3.85. The molecule has 1 saturated carbocycles. The predicted molar refractivity (Wildman–Crippen MR) is 108 cm³/mol. The molecule has 0 radical (unpaired) electrons. The summed E-state index contributed by atoms with van der Waals surface area (Å²) in [5, 5.41) is 3.98. The molecule has 1 aromatic carbocycles. The van der Waals surface area contributed by atoms with E-state index >= 15 is 0 Å². The van der Waals surface area contributed by atoms with Crippen LogP contribution in [-0.2, 0) is 9.53 Å². The van der Waals surface area contributed by atoms with E-state index in [-0.39, 0.29) is 5.91 Å². The van der Waals surface area contributed by atoms with Gasteiger partial charge in [0.15, 0.2) is 0 Å². The maximum Gasteiger partial charge on any atom is 0.256 e. The first-order chi connectivity index (χ1) is 12.9. The summed E-state index contributed by atoms with van der Waals surface area (Å²) in [4.78, 5) is 17.6. The van der Waals surface area contributed by atoms with Crippen LogP contribution in [0.1, 0.15) is 46.5 Å². The number of hydrogen-bond donors (Lipinski definition) is 1. The normalized spacial score (nSPS) is 22.8. The highest BCUT2D eigenvalue weighted by Crippen LogP contribution is 2.37. The highest BCUT2D eigenvalue weighted by Gasteiger charge is 2.42.